The van der Waals surface area contributed by atoms with Crippen LogP contribution in [-0.4, -0.2) is 57.0 Å². The first-order valence-corrected chi connectivity index (χ1v) is 17.2. The molecule has 1 aliphatic heterocycles. The number of rotatable bonds is 12. The van der Waals surface area contributed by atoms with Crippen molar-refractivity contribution in [2.24, 2.45) is 0 Å². The van der Waals surface area contributed by atoms with Crippen LogP contribution < -0.4 is 19.1 Å². The molecule has 4 aromatic rings. The maximum absolute atomic E-state index is 14.6. The summed E-state index contributed by atoms with van der Waals surface area (Å²) in [6, 6.07) is 28.5. The first kappa shape index (κ1) is 33.0. The summed E-state index contributed by atoms with van der Waals surface area (Å²) in [5.74, 6) is -0.00938. The molecule has 0 spiro atoms. The zero-order chi connectivity index (χ0) is 32.7. The fourth-order valence-electron chi connectivity index (χ4n) is 5.20. The predicted octanol–water partition coefficient (Wildman–Crippen LogP) is 5.58. The Hall–Kier alpha value is -4.35. The molecule has 1 aliphatic rings. The van der Waals surface area contributed by atoms with Gasteiger partial charge in [-0.3, -0.25) is 13.9 Å². The minimum atomic E-state index is -4.23. The van der Waals surface area contributed by atoms with Crippen LogP contribution in [0.25, 0.3) is 0 Å². The van der Waals surface area contributed by atoms with Gasteiger partial charge in [0.25, 0.3) is 10.0 Å². The Kier molecular flexibility index (Phi) is 10.6. The SMILES string of the molecule is CC(C)NC(=O)C(Cc1ccccc1)N(Cc1cccc(Br)c1)C(=O)CN(c1ccc2c(c1)OCCO2)S(=O)(=O)c1ccccc1. The van der Waals surface area contributed by atoms with Crippen molar-refractivity contribution in [1.29, 1.82) is 0 Å². The van der Waals surface area contributed by atoms with Crippen LogP contribution in [0.2, 0.25) is 0 Å². The molecule has 0 aliphatic carbocycles. The van der Waals surface area contributed by atoms with E-state index in [0.717, 1.165) is 19.9 Å². The summed E-state index contributed by atoms with van der Waals surface area (Å²) in [5.41, 5.74) is 1.86. The molecule has 46 heavy (non-hydrogen) atoms. The zero-order valence-corrected chi connectivity index (χ0v) is 28.0. The van der Waals surface area contributed by atoms with Crippen molar-refractivity contribution in [1.82, 2.24) is 10.2 Å². The number of anilines is 1. The minimum Gasteiger partial charge on any atom is -0.486 e. The van der Waals surface area contributed by atoms with E-state index in [0.29, 0.717) is 24.7 Å². The summed E-state index contributed by atoms with van der Waals surface area (Å²) >= 11 is 3.50. The van der Waals surface area contributed by atoms with E-state index in [9.17, 15) is 18.0 Å². The number of nitrogens with one attached hydrogen (secondary N) is 1. The molecule has 4 aromatic carbocycles. The molecule has 1 heterocycles. The smallest absolute Gasteiger partial charge is 0.264 e. The lowest BCUT2D eigenvalue weighted by Crippen LogP contribution is -2.54. The molecule has 1 atom stereocenters. The maximum Gasteiger partial charge on any atom is 0.264 e. The summed E-state index contributed by atoms with van der Waals surface area (Å²) < 4.78 is 41.7. The Balaban J connectivity index is 1.59. The molecule has 240 valence electrons. The molecule has 5 rings (SSSR count). The lowest BCUT2D eigenvalue weighted by atomic mass is 10.0. The Morgan fingerprint density at radius 3 is 2.15 bits per heavy atom. The molecular formula is C35H36BrN3O6S. The van der Waals surface area contributed by atoms with Gasteiger partial charge in [-0.25, -0.2) is 8.42 Å². The Morgan fingerprint density at radius 2 is 1.48 bits per heavy atom. The predicted molar refractivity (Wildman–Crippen MR) is 180 cm³/mol. The molecule has 11 heteroatoms. The normalized spacial score (nSPS) is 13.1. The fourth-order valence-corrected chi connectivity index (χ4v) is 7.08. The number of ether oxygens (including phenoxy) is 2. The van der Waals surface area contributed by atoms with Gasteiger partial charge in [0.1, 0.15) is 25.8 Å². The van der Waals surface area contributed by atoms with E-state index >= 15 is 0 Å². The van der Waals surface area contributed by atoms with Crippen molar-refractivity contribution < 1.29 is 27.5 Å². The first-order valence-electron chi connectivity index (χ1n) is 15.0. The van der Waals surface area contributed by atoms with Gasteiger partial charge in [0.05, 0.1) is 10.6 Å². The van der Waals surface area contributed by atoms with Gasteiger partial charge in [0.2, 0.25) is 11.8 Å². The fraction of sp³-hybridized carbons (Fsp3) is 0.257. The van der Waals surface area contributed by atoms with E-state index in [1.807, 2.05) is 68.4 Å². The third kappa shape index (κ3) is 8.07. The lowest BCUT2D eigenvalue weighted by molar-refractivity contribution is -0.140. The average Bonchev–Trinajstić information content (AvgIpc) is 3.05. The number of nitrogens with zero attached hydrogens (tertiary/aromatic N) is 2. The number of amides is 2. The van der Waals surface area contributed by atoms with Crippen LogP contribution >= 0.6 is 15.9 Å². The second-order valence-corrected chi connectivity index (χ2v) is 14.0. The summed E-state index contributed by atoms with van der Waals surface area (Å²) in [6.45, 7) is 3.91. The van der Waals surface area contributed by atoms with Crippen LogP contribution in [0.1, 0.15) is 25.0 Å². The average molecular weight is 707 g/mol. The van der Waals surface area contributed by atoms with Crippen molar-refractivity contribution in [2.75, 3.05) is 24.1 Å². The van der Waals surface area contributed by atoms with E-state index in [2.05, 4.69) is 21.2 Å². The zero-order valence-electron chi connectivity index (χ0n) is 25.6. The van der Waals surface area contributed by atoms with E-state index in [1.54, 1.807) is 36.4 Å². The van der Waals surface area contributed by atoms with Gasteiger partial charge < -0.3 is 19.7 Å². The number of carbonyl (C=O) groups is 2. The van der Waals surface area contributed by atoms with E-state index in [-0.39, 0.29) is 35.5 Å². The molecule has 0 bridgehead atoms. The van der Waals surface area contributed by atoms with Crippen LogP contribution in [0.5, 0.6) is 11.5 Å². The van der Waals surface area contributed by atoms with E-state index in [4.69, 9.17) is 9.47 Å². The Bertz CT molecular complexity index is 1770. The molecule has 1 N–H and O–H groups in total. The summed E-state index contributed by atoms with van der Waals surface area (Å²) in [5, 5.41) is 2.97. The van der Waals surface area contributed by atoms with Gasteiger partial charge in [0.15, 0.2) is 11.5 Å². The van der Waals surface area contributed by atoms with E-state index in [1.165, 1.54) is 17.0 Å². The number of benzene rings is 4. The third-order valence-electron chi connectivity index (χ3n) is 7.37. The largest absolute Gasteiger partial charge is 0.486 e. The molecule has 9 nitrogen and oxygen atoms in total. The van der Waals surface area contributed by atoms with Crippen LogP contribution in [-0.2, 0) is 32.6 Å². The molecule has 0 fully saturated rings. The Labute approximate surface area is 278 Å². The summed E-state index contributed by atoms with van der Waals surface area (Å²) in [7, 11) is -4.23. The standard InChI is InChI=1S/C35H36BrN3O6S/c1-25(2)37-35(41)31(21-26-10-5-3-6-11-26)38(23-27-12-9-13-28(36)20-27)34(40)24-39(46(42,43)30-14-7-4-8-15-30)29-16-17-32-33(22-29)45-19-18-44-32/h3-17,20,22,25,31H,18-19,21,23-24H2,1-2H3,(H,37,41). The second kappa shape index (κ2) is 14.8. The molecule has 0 saturated heterocycles. The highest BCUT2D eigenvalue weighted by atomic mass is 79.9. The molecule has 1 unspecified atom stereocenters. The highest BCUT2D eigenvalue weighted by Crippen LogP contribution is 2.36. The van der Waals surface area contributed by atoms with Crippen molar-refractivity contribution in [2.45, 2.75) is 43.8 Å². The quantitative estimate of drug-likeness (QED) is 0.206. The van der Waals surface area contributed by atoms with Crippen LogP contribution in [0.4, 0.5) is 5.69 Å². The van der Waals surface area contributed by atoms with Gasteiger partial charge >= 0.3 is 0 Å². The topological polar surface area (TPSA) is 105 Å². The summed E-state index contributed by atoms with van der Waals surface area (Å²) in [6.07, 6.45) is 0.231. The van der Waals surface area contributed by atoms with Gasteiger partial charge in [-0.05, 0) is 61.4 Å². The highest BCUT2D eigenvalue weighted by molar-refractivity contribution is 9.10. The minimum absolute atomic E-state index is 0.0228. The van der Waals surface area contributed by atoms with Crippen molar-refractivity contribution in [3.8, 4) is 11.5 Å². The van der Waals surface area contributed by atoms with Gasteiger partial charge in [-0.2, -0.15) is 0 Å². The van der Waals surface area contributed by atoms with Gasteiger partial charge in [-0.15, -0.1) is 0 Å². The molecular weight excluding hydrogens is 670 g/mol. The monoisotopic (exact) mass is 705 g/mol. The van der Waals surface area contributed by atoms with Crippen LogP contribution in [0.3, 0.4) is 0 Å². The van der Waals surface area contributed by atoms with Gasteiger partial charge in [-0.1, -0.05) is 76.6 Å². The van der Waals surface area contributed by atoms with E-state index < -0.39 is 28.5 Å². The van der Waals surface area contributed by atoms with Gasteiger partial charge in [0, 0.05) is 29.5 Å². The number of fused-ring (bicyclic) bond motifs is 1. The molecule has 0 aromatic heterocycles. The lowest BCUT2D eigenvalue weighted by Gasteiger charge is -2.34. The van der Waals surface area contributed by atoms with Crippen LogP contribution in [0, 0.1) is 0 Å². The number of hydrogen-bond acceptors (Lipinski definition) is 6. The second-order valence-electron chi connectivity index (χ2n) is 11.2. The number of sulfonamides is 1. The first-order chi connectivity index (χ1) is 22.1. The number of hydrogen-bond donors (Lipinski definition) is 1. The molecule has 0 radical (unpaired) electrons. The maximum atomic E-state index is 14.6. The Morgan fingerprint density at radius 1 is 0.826 bits per heavy atom. The molecule has 2 amide bonds. The van der Waals surface area contributed by atoms with Crippen LogP contribution in [0.15, 0.2) is 112 Å². The van der Waals surface area contributed by atoms with Crippen molar-refractivity contribution in [3.63, 3.8) is 0 Å². The molecule has 0 saturated carbocycles. The highest BCUT2D eigenvalue weighted by Gasteiger charge is 2.35. The third-order valence-corrected chi connectivity index (χ3v) is 9.65. The summed E-state index contributed by atoms with van der Waals surface area (Å²) in [4.78, 5) is 29.9. The number of halogens is 1. The van der Waals surface area contributed by atoms with Crippen molar-refractivity contribution in [3.05, 3.63) is 119 Å². The number of carbonyl (C=O) groups excluding carboxylic acids is 2. The van der Waals surface area contributed by atoms with Crippen molar-refractivity contribution >= 4 is 43.5 Å².